The number of alkyl halides is 3. The van der Waals surface area contributed by atoms with E-state index >= 15 is 0 Å². The summed E-state index contributed by atoms with van der Waals surface area (Å²) in [6.45, 7) is 5.20. The van der Waals surface area contributed by atoms with Crippen LogP contribution in [0.1, 0.15) is 38.2 Å². The molecule has 1 aliphatic rings. The average molecular weight is 301 g/mol. The first-order chi connectivity index (χ1) is 9.99. The lowest BCUT2D eigenvalue weighted by Crippen LogP contribution is -2.38. The van der Waals surface area contributed by atoms with Gasteiger partial charge in [0, 0.05) is 13.1 Å². The smallest absolute Gasteiger partial charge is 0.416 e. The Bertz CT molecular complexity index is 439. The van der Waals surface area contributed by atoms with Crippen molar-refractivity contribution in [2.24, 2.45) is 0 Å². The molecule has 0 aromatic heterocycles. The molecule has 2 rings (SSSR count). The lowest BCUT2D eigenvalue weighted by atomic mass is 10.1. The van der Waals surface area contributed by atoms with Gasteiger partial charge in [-0.1, -0.05) is 19.4 Å². The Labute approximate surface area is 123 Å². The third-order valence-electron chi connectivity index (χ3n) is 3.83. The van der Waals surface area contributed by atoms with Gasteiger partial charge in [-0.3, -0.25) is 0 Å². The Balaban J connectivity index is 1.86. The van der Waals surface area contributed by atoms with Crippen LogP contribution in [0.3, 0.4) is 0 Å². The number of rotatable bonds is 5. The highest BCUT2D eigenvalue weighted by Gasteiger charge is 2.31. The second-order valence-corrected chi connectivity index (χ2v) is 5.54. The molecule has 118 valence electrons. The summed E-state index contributed by atoms with van der Waals surface area (Å²) in [6.07, 6.45) is -0.172. The van der Waals surface area contributed by atoms with E-state index in [4.69, 9.17) is 4.74 Å². The van der Waals surface area contributed by atoms with Crippen LogP contribution in [-0.4, -0.2) is 30.6 Å². The minimum absolute atomic E-state index is 0.0198. The van der Waals surface area contributed by atoms with Gasteiger partial charge in [0.05, 0.1) is 5.56 Å². The number of hydrogen-bond donors (Lipinski definition) is 0. The molecule has 1 aromatic rings. The maximum atomic E-state index is 12.7. The van der Waals surface area contributed by atoms with Gasteiger partial charge >= 0.3 is 6.18 Å². The molecule has 0 unspecified atom stereocenters. The number of hydrogen-bond acceptors (Lipinski definition) is 2. The molecular formula is C16H22F3NO. The minimum Gasteiger partial charge on any atom is -0.490 e. The largest absolute Gasteiger partial charge is 0.490 e. The zero-order valence-corrected chi connectivity index (χ0v) is 12.3. The molecule has 1 saturated heterocycles. The molecule has 0 amide bonds. The van der Waals surface area contributed by atoms with Crippen molar-refractivity contribution in [2.75, 3.05) is 19.6 Å². The topological polar surface area (TPSA) is 12.5 Å². The number of halogens is 3. The van der Waals surface area contributed by atoms with Gasteiger partial charge in [0.2, 0.25) is 0 Å². The average Bonchev–Trinajstić information content (AvgIpc) is 2.46. The van der Waals surface area contributed by atoms with Crippen LogP contribution in [-0.2, 0) is 6.18 Å². The molecule has 1 aromatic carbocycles. The Kier molecular flexibility index (Phi) is 5.51. The molecule has 0 radical (unpaired) electrons. The van der Waals surface area contributed by atoms with Gasteiger partial charge in [-0.2, -0.15) is 13.2 Å². The molecule has 1 aliphatic heterocycles. The van der Waals surface area contributed by atoms with Gasteiger partial charge in [-0.05, 0) is 44.0 Å². The quantitative estimate of drug-likeness (QED) is 0.801. The van der Waals surface area contributed by atoms with Crippen molar-refractivity contribution >= 4 is 0 Å². The molecule has 21 heavy (non-hydrogen) atoms. The monoisotopic (exact) mass is 301 g/mol. The third-order valence-corrected chi connectivity index (χ3v) is 3.83. The van der Waals surface area contributed by atoms with E-state index in [9.17, 15) is 13.2 Å². The van der Waals surface area contributed by atoms with Crippen molar-refractivity contribution in [1.82, 2.24) is 4.90 Å². The van der Waals surface area contributed by atoms with Gasteiger partial charge in [0.1, 0.15) is 11.9 Å². The summed E-state index contributed by atoms with van der Waals surface area (Å²) in [5, 5.41) is 0. The maximum Gasteiger partial charge on any atom is 0.416 e. The standard InChI is InChI=1S/C16H22F3NO/c1-2-3-9-20-10-7-14(8-11-20)21-15-6-4-5-13(12-15)16(17,18)19/h4-6,12,14H,2-3,7-11H2,1H3. The van der Waals surface area contributed by atoms with Crippen molar-refractivity contribution in [3.8, 4) is 5.75 Å². The second-order valence-electron chi connectivity index (χ2n) is 5.54. The summed E-state index contributed by atoms with van der Waals surface area (Å²) in [6, 6.07) is 5.15. The fourth-order valence-corrected chi connectivity index (χ4v) is 2.57. The van der Waals surface area contributed by atoms with Crippen LogP contribution in [0.4, 0.5) is 13.2 Å². The molecule has 0 bridgehead atoms. The first-order valence-electron chi connectivity index (χ1n) is 7.55. The normalized spacial score (nSPS) is 17.9. The van der Waals surface area contributed by atoms with Gasteiger partial charge in [0.25, 0.3) is 0 Å². The zero-order valence-electron chi connectivity index (χ0n) is 12.3. The minimum atomic E-state index is -4.32. The predicted molar refractivity (Wildman–Crippen MR) is 76.4 cm³/mol. The van der Waals surface area contributed by atoms with Gasteiger partial charge in [-0.15, -0.1) is 0 Å². The van der Waals surface area contributed by atoms with E-state index in [1.165, 1.54) is 18.9 Å². The van der Waals surface area contributed by atoms with Crippen molar-refractivity contribution < 1.29 is 17.9 Å². The molecule has 1 heterocycles. The molecule has 2 nitrogen and oxygen atoms in total. The number of piperidine rings is 1. The molecule has 0 atom stereocenters. The number of unbranched alkanes of at least 4 members (excludes halogenated alkanes) is 1. The van der Waals surface area contributed by atoms with Crippen LogP contribution in [0.2, 0.25) is 0 Å². The molecule has 0 aliphatic carbocycles. The van der Waals surface area contributed by atoms with Crippen LogP contribution >= 0.6 is 0 Å². The van der Waals surface area contributed by atoms with E-state index < -0.39 is 11.7 Å². The molecule has 0 N–H and O–H groups in total. The Morgan fingerprint density at radius 1 is 1.24 bits per heavy atom. The van der Waals surface area contributed by atoms with Gasteiger partial charge < -0.3 is 9.64 Å². The summed E-state index contributed by atoms with van der Waals surface area (Å²) < 4.78 is 43.7. The van der Waals surface area contributed by atoms with Gasteiger partial charge in [0.15, 0.2) is 0 Å². The SMILES string of the molecule is CCCCN1CCC(Oc2cccc(C(F)(F)F)c2)CC1. The number of ether oxygens (including phenoxy) is 1. The summed E-state index contributed by atoms with van der Waals surface area (Å²) in [7, 11) is 0. The Hall–Kier alpha value is -1.23. The zero-order chi connectivity index (χ0) is 15.3. The van der Waals surface area contributed by atoms with Crippen molar-refractivity contribution in [3.63, 3.8) is 0 Å². The summed E-state index contributed by atoms with van der Waals surface area (Å²) in [5.41, 5.74) is -0.652. The van der Waals surface area contributed by atoms with Crippen molar-refractivity contribution in [3.05, 3.63) is 29.8 Å². The van der Waals surface area contributed by atoms with E-state index in [1.807, 2.05) is 0 Å². The fraction of sp³-hybridized carbons (Fsp3) is 0.625. The molecule has 5 heteroatoms. The van der Waals surface area contributed by atoms with Crippen LogP contribution < -0.4 is 4.74 Å². The van der Waals surface area contributed by atoms with Crippen LogP contribution in [0.25, 0.3) is 0 Å². The van der Waals surface area contributed by atoms with E-state index in [0.717, 1.165) is 44.6 Å². The van der Waals surface area contributed by atoms with E-state index in [0.29, 0.717) is 5.75 Å². The predicted octanol–water partition coefficient (Wildman–Crippen LogP) is 4.35. The summed E-state index contributed by atoms with van der Waals surface area (Å²) in [5.74, 6) is 0.317. The van der Waals surface area contributed by atoms with Crippen molar-refractivity contribution in [1.29, 1.82) is 0 Å². The Morgan fingerprint density at radius 2 is 1.95 bits per heavy atom. The molecular weight excluding hydrogens is 279 g/mol. The second kappa shape index (κ2) is 7.16. The van der Waals surface area contributed by atoms with E-state index in [2.05, 4.69) is 11.8 Å². The number of likely N-dealkylation sites (tertiary alicyclic amines) is 1. The third kappa shape index (κ3) is 4.92. The summed E-state index contributed by atoms with van der Waals surface area (Å²) in [4.78, 5) is 2.40. The first kappa shape index (κ1) is 16.1. The summed E-state index contributed by atoms with van der Waals surface area (Å²) >= 11 is 0. The van der Waals surface area contributed by atoms with Crippen LogP contribution in [0.5, 0.6) is 5.75 Å². The first-order valence-corrected chi connectivity index (χ1v) is 7.55. The van der Waals surface area contributed by atoms with E-state index in [1.54, 1.807) is 6.07 Å². The lowest BCUT2D eigenvalue weighted by Gasteiger charge is -2.32. The molecule has 0 saturated carbocycles. The number of nitrogens with zero attached hydrogens (tertiary/aromatic N) is 1. The number of benzene rings is 1. The van der Waals surface area contributed by atoms with Crippen molar-refractivity contribution in [2.45, 2.75) is 44.9 Å². The maximum absolute atomic E-state index is 12.7. The Morgan fingerprint density at radius 3 is 2.57 bits per heavy atom. The van der Waals surface area contributed by atoms with Gasteiger partial charge in [-0.25, -0.2) is 0 Å². The van der Waals surface area contributed by atoms with Crippen LogP contribution in [0.15, 0.2) is 24.3 Å². The lowest BCUT2D eigenvalue weighted by molar-refractivity contribution is -0.137. The van der Waals surface area contributed by atoms with E-state index in [-0.39, 0.29) is 6.10 Å². The molecule has 0 spiro atoms. The highest BCUT2D eigenvalue weighted by molar-refractivity contribution is 5.30. The highest BCUT2D eigenvalue weighted by Crippen LogP contribution is 2.32. The fourth-order valence-electron chi connectivity index (χ4n) is 2.57. The van der Waals surface area contributed by atoms with Crippen LogP contribution in [0, 0.1) is 0 Å². The molecule has 1 fully saturated rings. The highest BCUT2D eigenvalue weighted by atomic mass is 19.4.